The number of aromatic nitrogens is 2. The lowest BCUT2D eigenvalue weighted by Gasteiger charge is -2.31. The van der Waals surface area contributed by atoms with Crippen LogP contribution in [0.4, 0.5) is 11.5 Å². The highest BCUT2D eigenvalue weighted by atomic mass is 32.2. The number of hydrogen-bond donors (Lipinski definition) is 0. The third-order valence-electron chi connectivity index (χ3n) is 3.25. The molecule has 20 heavy (non-hydrogen) atoms. The Morgan fingerprint density at radius 2 is 1.95 bits per heavy atom. The Balaban J connectivity index is 1.91. The minimum Gasteiger partial charge on any atom is -0.323 e. The predicted octanol–water partition coefficient (Wildman–Crippen LogP) is 3.03. The molecule has 0 N–H and O–H groups in total. The molecule has 0 unspecified atom stereocenters. The van der Waals surface area contributed by atoms with Gasteiger partial charge in [-0.15, -0.1) is 0 Å². The average molecular weight is 286 g/mol. The van der Waals surface area contributed by atoms with Crippen LogP contribution >= 0.6 is 11.8 Å². The zero-order chi connectivity index (χ0) is 13.9. The molecule has 0 saturated heterocycles. The fraction of sp³-hybridized carbons (Fsp3) is 0.333. The molecule has 0 radical (unpaired) electrons. The van der Waals surface area contributed by atoms with E-state index in [1.54, 1.807) is 24.2 Å². The summed E-state index contributed by atoms with van der Waals surface area (Å²) in [6.07, 6.45) is 4.63. The van der Waals surface area contributed by atoms with Crippen LogP contribution in [-0.4, -0.2) is 42.1 Å². The van der Waals surface area contributed by atoms with E-state index in [0.29, 0.717) is 0 Å². The third kappa shape index (κ3) is 2.64. The Bertz CT molecular complexity index is 554. The Morgan fingerprint density at radius 3 is 2.80 bits per heavy atom. The Hall–Kier alpha value is -1.59. The number of rotatable bonds is 4. The first kappa shape index (κ1) is 13.4. The molecule has 0 spiro atoms. The van der Waals surface area contributed by atoms with Crippen molar-refractivity contribution >= 4 is 23.3 Å². The van der Waals surface area contributed by atoms with E-state index in [-0.39, 0.29) is 0 Å². The quantitative estimate of drug-likeness (QED) is 0.862. The molecule has 0 bridgehead atoms. The minimum atomic E-state index is 0.960. The van der Waals surface area contributed by atoms with Gasteiger partial charge in [-0.25, -0.2) is 9.97 Å². The molecule has 104 valence electrons. The van der Waals surface area contributed by atoms with Gasteiger partial charge in [0.15, 0.2) is 5.82 Å². The van der Waals surface area contributed by atoms with Crippen molar-refractivity contribution in [1.29, 1.82) is 0 Å². The maximum atomic E-state index is 4.53. The van der Waals surface area contributed by atoms with Gasteiger partial charge in [0.1, 0.15) is 5.03 Å². The van der Waals surface area contributed by atoms with Crippen LogP contribution < -0.4 is 4.90 Å². The van der Waals surface area contributed by atoms with Crippen molar-refractivity contribution in [3.05, 3.63) is 36.7 Å². The SMILES string of the molecule is CN(C)CCCN1c2ccccc2Sc2nccnc21. The fourth-order valence-electron chi connectivity index (χ4n) is 2.33. The summed E-state index contributed by atoms with van der Waals surface area (Å²) < 4.78 is 0. The molecule has 0 aliphatic carbocycles. The molecule has 2 aromatic rings. The van der Waals surface area contributed by atoms with Gasteiger partial charge in [-0.1, -0.05) is 23.9 Å². The molecule has 1 aromatic carbocycles. The average Bonchev–Trinajstić information content (AvgIpc) is 2.46. The monoisotopic (exact) mass is 286 g/mol. The van der Waals surface area contributed by atoms with Crippen LogP contribution in [0.5, 0.6) is 0 Å². The van der Waals surface area contributed by atoms with E-state index < -0.39 is 0 Å². The second-order valence-electron chi connectivity index (χ2n) is 5.06. The number of hydrogen-bond acceptors (Lipinski definition) is 5. The molecule has 0 atom stereocenters. The molecule has 2 heterocycles. The van der Waals surface area contributed by atoms with Crippen LogP contribution in [0, 0.1) is 0 Å². The van der Waals surface area contributed by atoms with Gasteiger partial charge in [0.25, 0.3) is 0 Å². The second-order valence-corrected chi connectivity index (χ2v) is 6.09. The summed E-state index contributed by atoms with van der Waals surface area (Å²) >= 11 is 1.70. The second kappa shape index (κ2) is 5.81. The predicted molar refractivity (Wildman–Crippen MR) is 82.8 cm³/mol. The van der Waals surface area contributed by atoms with Gasteiger partial charge in [0.2, 0.25) is 0 Å². The van der Waals surface area contributed by atoms with Gasteiger partial charge < -0.3 is 9.80 Å². The van der Waals surface area contributed by atoms with Crippen LogP contribution in [0.25, 0.3) is 0 Å². The van der Waals surface area contributed by atoms with Crippen LogP contribution in [0.1, 0.15) is 6.42 Å². The molecule has 0 amide bonds. The first-order valence-electron chi connectivity index (χ1n) is 6.76. The Morgan fingerprint density at radius 1 is 1.15 bits per heavy atom. The smallest absolute Gasteiger partial charge is 0.166 e. The van der Waals surface area contributed by atoms with Gasteiger partial charge >= 0.3 is 0 Å². The summed E-state index contributed by atoms with van der Waals surface area (Å²) in [5, 5.41) is 0.996. The minimum absolute atomic E-state index is 0.960. The topological polar surface area (TPSA) is 32.3 Å². The van der Waals surface area contributed by atoms with Crippen LogP contribution in [0.15, 0.2) is 46.6 Å². The summed E-state index contributed by atoms with van der Waals surface area (Å²) in [4.78, 5) is 14.7. The van der Waals surface area contributed by atoms with Crippen molar-refractivity contribution in [1.82, 2.24) is 14.9 Å². The van der Waals surface area contributed by atoms with E-state index >= 15 is 0 Å². The number of benzene rings is 1. The van der Waals surface area contributed by atoms with E-state index in [1.807, 2.05) is 0 Å². The van der Waals surface area contributed by atoms with E-state index in [1.165, 1.54) is 10.6 Å². The number of para-hydroxylation sites is 1. The maximum Gasteiger partial charge on any atom is 0.166 e. The van der Waals surface area contributed by atoms with Crippen molar-refractivity contribution in [2.75, 3.05) is 32.1 Å². The van der Waals surface area contributed by atoms with Crippen molar-refractivity contribution < 1.29 is 0 Å². The molecule has 0 fully saturated rings. The molecule has 3 rings (SSSR count). The maximum absolute atomic E-state index is 4.53. The van der Waals surface area contributed by atoms with Crippen molar-refractivity contribution in [3.63, 3.8) is 0 Å². The van der Waals surface area contributed by atoms with Crippen molar-refractivity contribution in [2.45, 2.75) is 16.3 Å². The zero-order valence-electron chi connectivity index (χ0n) is 11.8. The van der Waals surface area contributed by atoms with Crippen LogP contribution in [0.3, 0.4) is 0 Å². The Labute approximate surface area is 123 Å². The Kier molecular flexibility index (Phi) is 3.89. The zero-order valence-corrected chi connectivity index (χ0v) is 12.6. The van der Waals surface area contributed by atoms with Gasteiger partial charge in [0, 0.05) is 23.8 Å². The molecule has 5 heteroatoms. The van der Waals surface area contributed by atoms with Crippen molar-refractivity contribution in [2.24, 2.45) is 0 Å². The number of anilines is 2. The summed E-state index contributed by atoms with van der Waals surface area (Å²) in [6.45, 7) is 2.03. The molecular formula is C15H18N4S. The number of fused-ring (bicyclic) bond motifs is 2. The van der Waals surface area contributed by atoms with Gasteiger partial charge in [-0.3, -0.25) is 0 Å². The summed E-state index contributed by atoms with van der Waals surface area (Å²) in [5.41, 5.74) is 1.24. The van der Waals surface area contributed by atoms with Gasteiger partial charge in [0.05, 0.1) is 5.69 Å². The normalized spacial score (nSPS) is 13.2. The largest absolute Gasteiger partial charge is 0.323 e. The van der Waals surface area contributed by atoms with E-state index in [2.05, 4.69) is 58.1 Å². The van der Waals surface area contributed by atoms with E-state index in [0.717, 1.165) is 30.4 Å². The molecular weight excluding hydrogens is 268 g/mol. The van der Waals surface area contributed by atoms with E-state index in [4.69, 9.17) is 0 Å². The van der Waals surface area contributed by atoms with E-state index in [9.17, 15) is 0 Å². The van der Waals surface area contributed by atoms with Gasteiger partial charge in [-0.05, 0) is 39.2 Å². The van der Waals surface area contributed by atoms with Crippen LogP contribution in [0.2, 0.25) is 0 Å². The standard InChI is InChI=1S/C15H18N4S/c1-18(2)10-5-11-19-12-6-3-4-7-13(12)20-15-14(19)16-8-9-17-15/h3-4,6-9H,5,10-11H2,1-2H3. The van der Waals surface area contributed by atoms with Gasteiger partial charge in [-0.2, -0.15) is 0 Å². The molecule has 1 aliphatic rings. The van der Waals surface area contributed by atoms with Crippen LogP contribution in [-0.2, 0) is 0 Å². The lowest BCUT2D eigenvalue weighted by Crippen LogP contribution is -2.26. The first-order chi connectivity index (χ1) is 9.75. The van der Waals surface area contributed by atoms with Crippen molar-refractivity contribution in [3.8, 4) is 0 Å². The molecule has 0 saturated carbocycles. The highest BCUT2D eigenvalue weighted by Gasteiger charge is 2.24. The fourth-order valence-corrected chi connectivity index (χ4v) is 3.34. The molecule has 4 nitrogen and oxygen atoms in total. The lowest BCUT2D eigenvalue weighted by atomic mass is 10.2. The summed E-state index contributed by atoms with van der Waals surface area (Å²) in [6, 6.07) is 8.47. The molecule has 1 aromatic heterocycles. The molecule has 1 aliphatic heterocycles. The summed E-state index contributed by atoms with van der Waals surface area (Å²) in [7, 11) is 4.21. The third-order valence-corrected chi connectivity index (χ3v) is 4.30. The summed E-state index contributed by atoms with van der Waals surface area (Å²) in [5.74, 6) is 0.981. The first-order valence-corrected chi connectivity index (χ1v) is 7.57. The lowest BCUT2D eigenvalue weighted by molar-refractivity contribution is 0.402. The number of nitrogens with zero attached hydrogens (tertiary/aromatic N) is 4. The highest BCUT2D eigenvalue weighted by molar-refractivity contribution is 7.99. The highest BCUT2D eigenvalue weighted by Crippen LogP contribution is 2.45.